The van der Waals surface area contributed by atoms with Gasteiger partial charge in [0.15, 0.2) is 0 Å². The van der Waals surface area contributed by atoms with Gasteiger partial charge in [-0.1, -0.05) is 11.8 Å². The molecule has 7 heteroatoms. The van der Waals surface area contributed by atoms with Crippen LogP contribution in [0.5, 0.6) is 0 Å². The van der Waals surface area contributed by atoms with Crippen LogP contribution in [0.2, 0.25) is 0 Å². The fourth-order valence-electron chi connectivity index (χ4n) is 2.32. The predicted molar refractivity (Wildman–Crippen MR) is 103 cm³/mol. The van der Waals surface area contributed by atoms with E-state index >= 15 is 0 Å². The fourth-order valence-corrected chi connectivity index (χ4v) is 3.20. The first-order chi connectivity index (χ1) is 12.3. The van der Waals surface area contributed by atoms with Gasteiger partial charge in [0.05, 0.1) is 11.3 Å². The van der Waals surface area contributed by atoms with Crippen molar-refractivity contribution in [1.82, 2.24) is 4.98 Å². The molecule has 1 aromatic carbocycles. The number of anilines is 2. The number of nitrogens with zero attached hydrogens (tertiary/aromatic N) is 2. The number of carbonyl (C=O) groups excluding carboxylic acids is 2. The third-order valence-electron chi connectivity index (χ3n) is 3.90. The zero-order chi connectivity index (χ0) is 19.3. The van der Waals surface area contributed by atoms with E-state index in [9.17, 15) is 14.9 Å². The van der Waals surface area contributed by atoms with Crippen molar-refractivity contribution in [2.24, 2.45) is 0 Å². The molecule has 134 valence electrons. The van der Waals surface area contributed by atoms with Gasteiger partial charge in [0.25, 0.3) is 0 Å². The number of hydrogen-bond donors (Lipinski definition) is 2. The number of thioether (sulfide) groups is 1. The van der Waals surface area contributed by atoms with Crippen molar-refractivity contribution in [2.45, 2.75) is 32.7 Å². The molecule has 0 radical (unpaired) electrons. The van der Waals surface area contributed by atoms with Crippen molar-refractivity contribution in [1.29, 1.82) is 5.26 Å². The normalized spacial score (nSPS) is 10.1. The van der Waals surface area contributed by atoms with E-state index in [4.69, 9.17) is 0 Å². The van der Waals surface area contributed by atoms with Gasteiger partial charge in [-0.25, -0.2) is 4.98 Å². The van der Waals surface area contributed by atoms with Crippen LogP contribution in [-0.4, -0.2) is 22.6 Å². The number of hydrogen-bond acceptors (Lipinski definition) is 5. The van der Waals surface area contributed by atoms with Gasteiger partial charge in [0.2, 0.25) is 11.8 Å². The number of aryl methyl sites for hydroxylation is 1. The lowest BCUT2D eigenvalue weighted by Crippen LogP contribution is -2.14. The molecule has 2 aromatic rings. The topological polar surface area (TPSA) is 94.9 Å². The van der Waals surface area contributed by atoms with Crippen LogP contribution in [0.25, 0.3) is 0 Å². The molecule has 0 saturated heterocycles. The summed E-state index contributed by atoms with van der Waals surface area (Å²) in [5.41, 5.74) is 4.57. The minimum Gasteiger partial charge on any atom is -0.326 e. The number of amides is 2. The first-order valence-electron chi connectivity index (χ1n) is 8.00. The average Bonchev–Trinajstić information content (AvgIpc) is 2.59. The molecular weight excluding hydrogens is 348 g/mol. The van der Waals surface area contributed by atoms with Crippen molar-refractivity contribution in [2.75, 3.05) is 16.4 Å². The van der Waals surface area contributed by atoms with Crippen LogP contribution in [0, 0.1) is 32.1 Å². The van der Waals surface area contributed by atoms with E-state index in [1.807, 2.05) is 20.8 Å². The van der Waals surface area contributed by atoms with Crippen molar-refractivity contribution < 1.29 is 9.59 Å². The standard InChI is InChI=1S/C19H20N4O2S/c1-11-12(2)17(9-20)19(21-13(11)3)26-10-18(25)23-16-7-5-15(6-8-16)22-14(4)24/h5-8H,10H2,1-4H3,(H,22,24)(H,23,25). The highest BCUT2D eigenvalue weighted by Gasteiger charge is 2.14. The van der Waals surface area contributed by atoms with Gasteiger partial charge in [-0.05, 0) is 56.2 Å². The summed E-state index contributed by atoms with van der Waals surface area (Å²) >= 11 is 1.24. The van der Waals surface area contributed by atoms with Crippen LogP contribution < -0.4 is 10.6 Å². The maximum Gasteiger partial charge on any atom is 0.234 e. The van der Waals surface area contributed by atoms with E-state index in [0.29, 0.717) is 22.0 Å². The Bertz CT molecular complexity index is 886. The van der Waals surface area contributed by atoms with Gasteiger partial charge < -0.3 is 10.6 Å². The number of carbonyl (C=O) groups is 2. The van der Waals surface area contributed by atoms with Gasteiger partial charge in [0.1, 0.15) is 11.1 Å². The molecule has 0 fully saturated rings. The zero-order valence-corrected chi connectivity index (χ0v) is 16.0. The Hall–Kier alpha value is -2.85. The van der Waals surface area contributed by atoms with Gasteiger partial charge >= 0.3 is 0 Å². The lowest BCUT2D eigenvalue weighted by Gasteiger charge is -2.11. The summed E-state index contributed by atoms with van der Waals surface area (Å²) in [5.74, 6) is -0.191. The molecule has 2 rings (SSSR count). The minimum absolute atomic E-state index is 0.150. The third-order valence-corrected chi connectivity index (χ3v) is 4.88. The van der Waals surface area contributed by atoms with Crippen molar-refractivity contribution in [3.8, 4) is 6.07 Å². The second-order valence-electron chi connectivity index (χ2n) is 5.83. The minimum atomic E-state index is -0.191. The summed E-state index contributed by atoms with van der Waals surface area (Å²) in [6.07, 6.45) is 0. The summed E-state index contributed by atoms with van der Waals surface area (Å²) in [6.45, 7) is 7.16. The van der Waals surface area contributed by atoms with Crippen LogP contribution in [-0.2, 0) is 9.59 Å². The van der Waals surface area contributed by atoms with Gasteiger partial charge in [-0.15, -0.1) is 0 Å². The van der Waals surface area contributed by atoms with E-state index in [1.54, 1.807) is 24.3 Å². The van der Waals surface area contributed by atoms with Crippen LogP contribution in [0.15, 0.2) is 29.3 Å². The van der Waals surface area contributed by atoms with E-state index in [2.05, 4.69) is 21.7 Å². The second kappa shape index (κ2) is 8.50. The number of pyridine rings is 1. The lowest BCUT2D eigenvalue weighted by atomic mass is 10.1. The number of nitriles is 1. The van der Waals surface area contributed by atoms with E-state index < -0.39 is 0 Å². The van der Waals surface area contributed by atoms with Crippen LogP contribution >= 0.6 is 11.8 Å². The largest absolute Gasteiger partial charge is 0.326 e. The molecule has 2 N–H and O–H groups in total. The van der Waals surface area contributed by atoms with Gasteiger partial charge in [-0.3, -0.25) is 9.59 Å². The van der Waals surface area contributed by atoms with Crippen molar-refractivity contribution in [3.63, 3.8) is 0 Å². The number of benzene rings is 1. The lowest BCUT2D eigenvalue weighted by molar-refractivity contribution is -0.114. The maximum atomic E-state index is 12.2. The highest BCUT2D eigenvalue weighted by Crippen LogP contribution is 2.26. The smallest absolute Gasteiger partial charge is 0.234 e. The molecule has 0 atom stereocenters. The molecule has 0 bridgehead atoms. The number of aromatic nitrogens is 1. The van der Waals surface area contributed by atoms with E-state index in [1.165, 1.54) is 18.7 Å². The Morgan fingerprint density at radius 3 is 2.19 bits per heavy atom. The predicted octanol–water partition coefficient (Wildman–Crippen LogP) is 3.57. The summed E-state index contributed by atoms with van der Waals surface area (Å²) in [5, 5.41) is 15.4. The average molecular weight is 368 g/mol. The second-order valence-corrected chi connectivity index (χ2v) is 6.80. The third kappa shape index (κ3) is 4.83. The zero-order valence-electron chi connectivity index (χ0n) is 15.1. The monoisotopic (exact) mass is 368 g/mol. The molecular formula is C19H20N4O2S. The van der Waals surface area contributed by atoms with Gasteiger partial charge in [-0.2, -0.15) is 5.26 Å². The molecule has 0 spiro atoms. The van der Waals surface area contributed by atoms with E-state index in [0.717, 1.165) is 16.8 Å². The Morgan fingerprint density at radius 2 is 1.65 bits per heavy atom. The molecule has 6 nitrogen and oxygen atoms in total. The SMILES string of the molecule is CC(=O)Nc1ccc(NC(=O)CSc2nc(C)c(C)c(C)c2C#N)cc1. The Balaban J connectivity index is 2.01. The van der Waals surface area contributed by atoms with E-state index in [-0.39, 0.29) is 17.6 Å². The van der Waals surface area contributed by atoms with Gasteiger partial charge in [0, 0.05) is 24.0 Å². The molecule has 0 aliphatic heterocycles. The molecule has 1 aromatic heterocycles. The van der Waals surface area contributed by atoms with Crippen LogP contribution in [0.3, 0.4) is 0 Å². The Labute approximate surface area is 157 Å². The Kier molecular flexibility index (Phi) is 6.36. The molecule has 0 aliphatic carbocycles. The first-order valence-corrected chi connectivity index (χ1v) is 8.98. The van der Waals surface area contributed by atoms with Crippen LogP contribution in [0.1, 0.15) is 29.3 Å². The molecule has 2 amide bonds. The summed E-state index contributed by atoms with van der Waals surface area (Å²) in [4.78, 5) is 27.6. The summed E-state index contributed by atoms with van der Waals surface area (Å²) < 4.78 is 0. The maximum absolute atomic E-state index is 12.2. The summed E-state index contributed by atoms with van der Waals surface area (Å²) in [6, 6.07) is 9.04. The van der Waals surface area contributed by atoms with Crippen molar-refractivity contribution >= 4 is 35.0 Å². The first kappa shape index (κ1) is 19.5. The molecule has 0 unspecified atom stereocenters. The molecule has 1 heterocycles. The highest BCUT2D eigenvalue weighted by atomic mass is 32.2. The quantitative estimate of drug-likeness (QED) is 0.787. The molecule has 26 heavy (non-hydrogen) atoms. The highest BCUT2D eigenvalue weighted by molar-refractivity contribution is 8.00. The fraction of sp³-hybridized carbons (Fsp3) is 0.263. The number of nitrogens with one attached hydrogen (secondary N) is 2. The summed E-state index contributed by atoms with van der Waals surface area (Å²) in [7, 11) is 0. The molecule has 0 saturated carbocycles. The van der Waals surface area contributed by atoms with Crippen LogP contribution in [0.4, 0.5) is 11.4 Å². The number of rotatable bonds is 5. The Morgan fingerprint density at radius 1 is 1.08 bits per heavy atom. The van der Waals surface area contributed by atoms with Crippen molar-refractivity contribution in [3.05, 3.63) is 46.6 Å². The molecule has 0 aliphatic rings.